The minimum absolute atomic E-state index is 0.665. The van der Waals surface area contributed by atoms with Crippen molar-refractivity contribution in [3.63, 3.8) is 0 Å². The van der Waals surface area contributed by atoms with Crippen molar-refractivity contribution in [1.29, 1.82) is 0 Å². The van der Waals surface area contributed by atoms with Gasteiger partial charge in [-0.05, 0) is 49.0 Å². The molecular weight excluding hydrogens is 290 g/mol. The van der Waals surface area contributed by atoms with Crippen LogP contribution in [0, 0.1) is 11.8 Å². The van der Waals surface area contributed by atoms with Gasteiger partial charge in [0.25, 0.3) is 0 Å². The van der Waals surface area contributed by atoms with Crippen molar-refractivity contribution in [3.8, 4) is 0 Å². The van der Waals surface area contributed by atoms with E-state index in [0.29, 0.717) is 6.04 Å². The lowest BCUT2D eigenvalue weighted by molar-refractivity contribution is 0.00205. The third-order valence-electron chi connectivity index (χ3n) is 5.33. The number of hydrogen-bond acceptors (Lipinski definition) is 2. The number of nitrogens with one attached hydrogen (secondary N) is 2. The average molecular weight is 318 g/mol. The molecule has 3 fully saturated rings. The zero-order chi connectivity index (χ0) is 15.4. The number of fused-ring (bicyclic) bond motifs is 3. The van der Waals surface area contributed by atoms with Crippen molar-refractivity contribution >= 4 is 17.3 Å². The van der Waals surface area contributed by atoms with Crippen molar-refractivity contribution in [1.82, 2.24) is 15.5 Å². The molecule has 0 aromatic heterocycles. The van der Waals surface area contributed by atoms with Gasteiger partial charge >= 0.3 is 0 Å². The first kappa shape index (κ1) is 15.8. The zero-order valence-corrected chi connectivity index (χ0v) is 14.2. The van der Waals surface area contributed by atoms with Gasteiger partial charge in [0.1, 0.15) is 0 Å². The van der Waals surface area contributed by atoms with Gasteiger partial charge in [0.2, 0.25) is 0 Å². The fourth-order valence-corrected chi connectivity index (χ4v) is 4.13. The number of thiocarbonyl (C=S) groups is 1. The van der Waals surface area contributed by atoms with Crippen LogP contribution in [0.15, 0.2) is 30.3 Å². The molecule has 3 heterocycles. The third-order valence-corrected chi connectivity index (χ3v) is 5.62. The minimum Gasteiger partial charge on any atom is -0.361 e. The summed E-state index contributed by atoms with van der Waals surface area (Å²) in [5, 5.41) is 7.50. The molecule has 0 saturated carbocycles. The summed E-state index contributed by atoms with van der Waals surface area (Å²) in [7, 11) is 0. The van der Waals surface area contributed by atoms with Gasteiger partial charge in [-0.15, -0.1) is 0 Å². The van der Waals surface area contributed by atoms with Crippen molar-refractivity contribution in [2.75, 3.05) is 19.6 Å². The summed E-state index contributed by atoms with van der Waals surface area (Å²) in [4.78, 5) is 2.67. The molecule has 3 nitrogen and oxygen atoms in total. The van der Waals surface area contributed by atoms with E-state index in [1.165, 1.54) is 37.9 Å². The Balaban J connectivity index is 1.40. The van der Waals surface area contributed by atoms with E-state index in [9.17, 15) is 0 Å². The van der Waals surface area contributed by atoms with Crippen LogP contribution in [0.4, 0.5) is 0 Å². The fraction of sp³-hybridized carbons (Fsp3) is 0.611. The van der Waals surface area contributed by atoms with E-state index in [4.69, 9.17) is 12.2 Å². The fourth-order valence-electron chi connectivity index (χ4n) is 3.98. The molecule has 22 heavy (non-hydrogen) atoms. The van der Waals surface area contributed by atoms with Crippen LogP contribution < -0.4 is 10.6 Å². The Bertz CT molecular complexity index is 490. The maximum atomic E-state index is 5.41. The van der Waals surface area contributed by atoms with Gasteiger partial charge in [-0.3, -0.25) is 4.90 Å². The predicted molar refractivity (Wildman–Crippen MR) is 95.7 cm³/mol. The summed E-state index contributed by atoms with van der Waals surface area (Å²) in [5.41, 5.74) is 1.26. The van der Waals surface area contributed by atoms with Gasteiger partial charge in [-0.2, -0.15) is 0 Å². The number of piperidine rings is 3. The van der Waals surface area contributed by atoms with Crippen molar-refractivity contribution in [3.05, 3.63) is 35.9 Å². The second-order valence-electron chi connectivity index (χ2n) is 6.65. The Kier molecular flexibility index (Phi) is 5.32. The molecule has 0 spiro atoms. The number of benzene rings is 1. The van der Waals surface area contributed by atoms with Crippen LogP contribution in [0.3, 0.4) is 0 Å². The zero-order valence-electron chi connectivity index (χ0n) is 13.4. The molecule has 4 rings (SSSR count). The molecule has 3 aliphatic heterocycles. The largest absolute Gasteiger partial charge is 0.361 e. The van der Waals surface area contributed by atoms with Crippen LogP contribution in [-0.4, -0.2) is 35.7 Å². The molecule has 4 atom stereocenters. The molecule has 0 aliphatic carbocycles. The highest BCUT2D eigenvalue weighted by molar-refractivity contribution is 7.80. The Morgan fingerprint density at radius 3 is 2.77 bits per heavy atom. The summed E-state index contributed by atoms with van der Waals surface area (Å²) in [6.07, 6.45) is 4.07. The van der Waals surface area contributed by atoms with Crippen LogP contribution in [0.25, 0.3) is 0 Å². The van der Waals surface area contributed by atoms with Crippen LogP contribution in [0.1, 0.15) is 31.7 Å². The Labute approximate surface area is 139 Å². The highest BCUT2D eigenvalue weighted by atomic mass is 32.1. The summed E-state index contributed by atoms with van der Waals surface area (Å²) >= 11 is 5.41. The second kappa shape index (κ2) is 7.42. The summed E-state index contributed by atoms with van der Waals surface area (Å²) in [5.74, 6) is 1.86. The van der Waals surface area contributed by atoms with E-state index < -0.39 is 0 Å². The number of rotatable bonds is 5. The number of nitrogens with zero attached hydrogens (tertiary/aromatic N) is 1. The van der Waals surface area contributed by atoms with E-state index in [2.05, 4.69) is 46.7 Å². The van der Waals surface area contributed by atoms with Crippen LogP contribution >= 0.6 is 12.2 Å². The van der Waals surface area contributed by atoms with Crippen LogP contribution in [-0.2, 0) is 6.54 Å². The molecule has 4 unspecified atom stereocenters. The highest BCUT2D eigenvalue weighted by Gasteiger charge is 2.38. The van der Waals surface area contributed by atoms with Crippen molar-refractivity contribution in [2.24, 2.45) is 11.8 Å². The van der Waals surface area contributed by atoms with Crippen molar-refractivity contribution < 1.29 is 0 Å². The quantitative estimate of drug-likeness (QED) is 0.817. The average Bonchev–Trinajstić information content (AvgIpc) is 2.59. The number of hydrogen-bond donors (Lipinski definition) is 2. The Morgan fingerprint density at radius 2 is 2.09 bits per heavy atom. The predicted octanol–water partition coefficient (Wildman–Crippen LogP) is 2.77. The van der Waals surface area contributed by atoms with E-state index in [0.717, 1.165) is 30.0 Å². The smallest absolute Gasteiger partial charge is 0.166 e. The Hall–Kier alpha value is -1.13. The first-order valence-electron chi connectivity index (χ1n) is 8.56. The molecule has 120 valence electrons. The maximum absolute atomic E-state index is 5.41. The summed E-state index contributed by atoms with van der Waals surface area (Å²) in [6.45, 7) is 6.67. The minimum atomic E-state index is 0.665. The molecule has 1 aromatic carbocycles. The van der Waals surface area contributed by atoms with Gasteiger partial charge in [0, 0.05) is 25.7 Å². The van der Waals surface area contributed by atoms with E-state index in [-0.39, 0.29) is 0 Å². The lowest BCUT2D eigenvalue weighted by Crippen LogP contribution is -2.57. The van der Waals surface area contributed by atoms with Gasteiger partial charge in [0.15, 0.2) is 5.11 Å². The molecule has 4 heteroatoms. The van der Waals surface area contributed by atoms with E-state index >= 15 is 0 Å². The maximum Gasteiger partial charge on any atom is 0.166 e. The van der Waals surface area contributed by atoms with E-state index in [1.807, 2.05) is 6.07 Å². The lowest BCUT2D eigenvalue weighted by atomic mass is 9.74. The normalized spacial score (nSPS) is 30.0. The molecule has 0 radical (unpaired) electrons. The molecule has 2 N–H and O–H groups in total. The van der Waals surface area contributed by atoms with E-state index in [1.54, 1.807) is 0 Å². The van der Waals surface area contributed by atoms with Gasteiger partial charge in [-0.1, -0.05) is 43.7 Å². The first-order chi connectivity index (χ1) is 10.8. The molecule has 1 aromatic rings. The third kappa shape index (κ3) is 3.79. The van der Waals surface area contributed by atoms with Crippen molar-refractivity contribution in [2.45, 2.75) is 38.8 Å². The van der Waals surface area contributed by atoms with Gasteiger partial charge in [-0.25, -0.2) is 0 Å². The highest BCUT2D eigenvalue weighted by Crippen LogP contribution is 2.37. The molecule has 3 aliphatic rings. The molecule has 2 bridgehead atoms. The molecule has 0 amide bonds. The standard InChI is InChI=1S/C18H27N3S/c1-2-15-13-21-9-8-16(15)10-17(21)12-20-18(22)19-11-14-6-4-3-5-7-14/h3-7,15-17H,2,8-13H2,1H3,(H2,19,20,22). The summed E-state index contributed by atoms with van der Waals surface area (Å²) in [6, 6.07) is 11.1. The lowest BCUT2D eigenvalue weighted by Gasteiger charge is -2.50. The SMILES string of the molecule is CCC1CN2CCC1CC2CNC(=S)NCc1ccccc1. The van der Waals surface area contributed by atoms with Gasteiger partial charge < -0.3 is 10.6 Å². The first-order valence-corrected chi connectivity index (χ1v) is 8.96. The summed E-state index contributed by atoms with van der Waals surface area (Å²) < 4.78 is 0. The molecule has 3 saturated heterocycles. The topological polar surface area (TPSA) is 27.3 Å². The molecular formula is C18H27N3S. The Morgan fingerprint density at radius 1 is 1.27 bits per heavy atom. The van der Waals surface area contributed by atoms with Crippen LogP contribution in [0.5, 0.6) is 0 Å². The monoisotopic (exact) mass is 317 g/mol. The second-order valence-corrected chi connectivity index (χ2v) is 7.06. The van der Waals surface area contributed by atoms with Gasteiger partial charge in [0.05, 0.1) is 0 Å². The van der Waals surface area contributed by atoms with Crippen LogP contribution in [0.2, 0.25) is 0 Å².